The molecule has 2 nitrogen and oxygen atoms in total. The summed E-state index contributed by atoms with van der Waals surface area (Å²) in [6.07, 6.45) is 1.58. The Labute approximate surface area is 149 Å². The molecule has 3 aromatic carbocycles. The summed E-state index contributed by atoms with van der Waals surface area (Å²) < 4.78 is 0. The van der Waals surface area contributed by atoms with Gasteiger partial charge in [0.15, 0.2) is 0 Å². The molecule has 0 fully saturated rings. The highest BCUT2D eigenvalue weighted by Gasteiger charge is 2.19. The summed E-state index contributed by atoms with van der Waals surface area (Å²) in [6, 6.07) is 28.3. The number of hydrogen-bond acceptors (Lipinski definition) is 1. The Morgan fingerprint density at radius 2 is 1.44 bits per heavy atom. The van der Waals surface area contributed by atoms with E-state index in [9.17, 15) is 4.79 Å². The molecular weight excluding hydrogens is 306 g/mol. The molecule has 2 heteroatoms. The lowest BCUT2D eigenvalue weighted by Crippen LogP contribution is -2.21. The molecule has 0 saturated carbocycles. The number of rotatable bonds is 6. The molecule has 0 spiro atoms. The van der Waals surface area contributed by atoms with Gasteiger partial charge < -0.3 is 5.32 Å². The third kappa shape index (κ3) is 4.36. The van der Waals surface area contributed by atoms with Crippen LogP contribution in [0.1, 0.15) is 36.0 Å². The maximum Gasteiger partial charge on any atom is 0.231 e. The van der Waals surface area contributed by atoms with Crippen LogP contribution in [0, 0.1) is 0 Å². The van der Waals surface area contributed by atoms with Crippen LogP contribution in [-0.2, 0) is 11.2 Å². The van der Waals surface area contributed by atoms with E-state index < -0.39 is 0 Å². The lowest BCUT2D eigenvalue weighted by molar-refractivity contribution is -0.117. The van der Waals surface area contributed by atoms with Crippen LogP contribution in [0.5, 0.6) is 0 Å². The van der Waals surface area contributed by atoms with Crippen molar-refractivity contribution >= 4 is 11.6 Å². The van der Waals surface area contributed by atoms with Gasteiger partial charge in [0.1, 0.15) is 0 Å². The van der Waals surface area contributed by atoms with Crippen molar-refractivity contribution in [2.75, 3.05) is 5.32 Å². The number of benzene rings is 3. The average molecular weight is 329 g/mol. The van der Waals surface area contributed by atoms with Crippen LogP contribution in [-0.4, -0.2) is 5.91 Å². The van der Waals surface area contributed by atoms with Crippen molar-refractivity contribution in [3.63, 3.8) is 0 Å². The van der Waals surface area contributed by atoms with Crippen molar-refractivity contribution < 1.29 is 4.79 Å². The van der Waals surface area contributed by atoms with Gasteiger partial charge >= 0.3 is 0 Å². The highest BCUT2D eigenvalue weighted by atomic mass is 16.1. The van der Waals surface area contributed by atoms with Gasteiger partial charge in [0.25, 0.3) is 0 Å². The van der Waals surface area contributed by atoms with Crippen molar-refractivity contribution in [2.45, 2.75) is 25.7 Å². The number of nitrogens with one attached hydrogen (secondary N) is 1. The van der Waals surface area contributed by atoms with Gasteiger partial charge in [0.05, 0.1) is 5.92 Å². The van der Waals surface area contributed by atoms with Crippen LogP contribution in [0.2, 0.25) is 0 Å². The summed E-state index contributed by atoms with van der Waals surface area (Å²) in [5.74, 6) is -0.0832. The molecule has 1 amide bonds. The number of para-hydroxylation sites is 1. The third-order valence-corrected chi connectivity index (χ3v) is 4.44. The summed E-state index contributed by atoms with van der Waals surface area (Å²) in [6.45, 7) is 2.05. The van der Waals surface area contributed by atoms with E-state index in [2.05, 4.69) is 23.5 Å². The van der Waals surface area contributed by atoms with E-state index in [1.54, 1.807) is 0 Å². The van der Waals surface area contributed by atoms with Gasteiger partial charge in [-0.05, 0) is 35.6 Å². The van der Waals surface area contributed by atoms with E-state index in [0.29, 0.717) is 0 Å². The quantitative estimate of drug-likeness (QED) is 0.643. The summed E-state index contributed by atoms with van der Waals surface area (Å²) in [4.78, 5) is 12.8. The molecule has 0 saturated heterocycles. The molecule has 0 aromatic heterocycles. The maximum atomic E-state index is 12.8. The summed E-state index contributed by atoms with van der Waals surface area (Å²) in [5.41, 5.74) is 4.32. The predicted molar refractivity (Wildman–Crippen MR) is 104 cm³/mol. The first-order valence-corrected chi connectivity index (χ1v) is 8.75. The fourth-order valence-electron chi connectivity index (χ4n) is 3.09. The van der Waals surface area contributed by atoms with E-state index in [1.807, 2.05) is 73.7 Å². The van der Waals surface area contributed by atoms with Gasteiger partial charge in [-0.2, -0.15) is 0 Å². The van der Waals surface area contributed by atoms with Gasteiger partial charge in [-0.15, -0.1) is 0 Å². The SMILES string of the molecule is CCC(C(=O)Nc1ccccc1Cc1ccccc1)c1ccccc1. The van der Waals surface area contributed by atoms with Crippen LogP contribution in [0.25, 0.3) is 0 Å². The second kappa shape index (κ2) is 8.29. The number of amides is 1. The second-order valence-corrected chi connectivity index (χ2v) is 6.18. The van der Waals surface area contributed by atoms with Crippen LogP contribution in [0.3, 0.4) is 0 Å². The molecule has 3 aromatic rings. The Morgan fingerprint density at radius 1 is 0.840 bits per heavy atom. The minimum Gasteiger partial charge on any atom is -0.325 e. The Kier molecular flexibility index (Phi) is 5.63. The normalized spacial score (nSPS) is 11.7. The monoisotopic (exact) mass is 329 g/mol. The van der Waals surface area contributed by atoms with Crippen molar-refractivity contribution in [2.24, 2.45) is 0 Å². The molecule has 0 radical (unpaired) electrons. The van der Waals surface area contributed by atoms with Crippen LogP contribution < -0.4 is 5.32 Å². The molecule has 1 atom stereocenters. The minimum absolute atomic E-state index is 0.0502. The first kappa shape index (κ1) is 17.0. The lowest BCUT2D eigenvalue weighted by Gasteiger charge is -2.17. The third-order valence-electron chi connectivity index (χ3n) is 4.44. The summed E-state index contributed by atoms with van der Waals surface area (Å²) >= 11 is 0. The standard InChI is InChI=1S/C23H23NO/c1-2-21(19-13-7-4-8-14-19)23(25)24-22-16-10-9-15-20(22)17-18-11-5-3-6-12-18/h3-16,21H,2,17H2,1H3,(H,24,25). The van der Waals surface area contributed by atoms with Gasteiger partial charge in [0, 0.05) is 5.69 Å². The zero-order valence-corrected chi connectivity index (χ0v) is 14.5. The molecule has 3 rings (SSSR count). The molecule has 0 aliphatic heterocycles. The maximum absolute atomic E-state index is 12.8. The molecule has 1 unspecified atom stereocenters. The molecule has 126 valence electrons. The Bertz CT molecular complexity index is 812. The number of carbonyl (C=O) groups excluding carboxylic acids is 1. The molecular formula is C23H23NO. The molecule has 0 bridgehead atoms. The minimum atomic E-state index is -0.133. The zero-order chi connectivity index (χ0) is 17.5. The number of anilines is 1. The average Bonchev–Trinajstić information content (AvgIpc) is 2.66. The number of hydrogen-bond donors (Lipinski definition) is 1. The van der Waals surface area contributed by atoms with E-state index >= 15 is 0 Å². The highest BCUT2D eigenvalue weighted by Crippen LogP contribution is 2.24. The van der Waals surface area contributed by atoms with Crippen molar-refractivity contribution in [1.29, 1.82) is 0 Å². The summed E-state index contributed by atoms with van der Waals surface area (Å²) in [7, 11) is 0. The van der Waals surface area contributed by atoms with Crippen LogP contribution in [0.4, 0.5) is 5.69 Å². The first-order valence-electron chi connectivity index (χ1n) is 8.75. The van der Waals surface area contributed by atoms with Crippen molar-refractivity contribution in [3.8, 4) is 0 Å². The van der Waals surface area contributed by atoms with Gasteiger partial charge in [-0.3, -0.25) is 4.79 Å². The van der Waals surface area contributed by atoms with E-state index in [1.165, 1.54) is 5.56 Å². The zero-order valence-electron chi connectivity index (χ0n) is 14.5. The second-order valence-electron chi connectivity index (χ2n) is 6.18. The largest absolute Gasteiger partial charge is 0.325 e. The topological polar surface area (TPSA) is 29.1 Å². The van der Waals surface area contributed by atoms with E-state index in [0.717, 1.165) is 29.7 Å². The lowest BCUT2D eigenvalue weighted by atomic mass is 9.95. The van der Waals surface area contributed by atoms with Crippen molar-refractivity contribution in [3.05, 3.63) is 102 Å². The highest BCUT2D eigenvalue weighted by molar-refractivity contribution is 5.96. The molecule has 0 heterocycles. The van der Waals surface area contributed by atoms with Gasteiger partial charge in [0.2, 0.25) is 5.91 Å². The molecule has 25 heavy (non-hydrogen) atoms. The molecule has 0 aliphatic carbocycles. The van der Waals surface area contributed by atoms with Gasteiger partial charge in [-0.1, -0.05) is 85.8 Å². The molecule has 1 N–H and O–H groups in total. The first-order chi connectivity index (χ1) is 12.3. The molecule has 0 aliphatic rings. The summed E-state index contributed by atoms with van der Waals surface area (Å²) in [5, 5.41) is 3.14. The number of carbonyl (C=O) groups is 1. The van der Waals surface area contributed by atoms with Gasteiger partial charge in [-0.25, -0.2) is 0 Å². The fourth-order valence-corrected chi connectivity index (χ4v) is 3.09. The fraction of sp³-hybridized carbons (Fsp3) is 0.174. The van der Waals surface area contributed by atoms with Crippen molar-refractivity contribution in [1.82, 2.24) is 0 Å². The Balaban J connectivity index is 1.79. The van der Waals surface area contributed by atoms with E-state index in [4.69, 9.17) is 0 Å². The predicted octanol–water partition coefficient (Wildman–Crippen LogP) is 5.41. The van der Waals surface area contributed by atoms with Crippen LogP contribution >= 0.6 is 0 Å². The Morgan fingerprint density at radius 3 is 2.12 bits per heavy atom. The van der Waals surface area contributed by atoms with Crippen LogP contribution in [0.15, 0.2) is 84.9 Å². The Hall–Kier alpha value is -2.87. The smallest absolute Gasteiger partial charge is 0.231 e. The van der Waals surface area contributed by atoms with E-state index in [-0.39, 0.29) is 11.8 Å².